The fourth-order valence-electron chi connectivity index (χ4n) is 3.11. The molecule has 2 aromatic heterocycles. The van der Waals surface area contributed by atoms with Crippen LogP contribution in [-0.4, -0.2) is 37.4 Å². The van der Waals surface area contributed by atoms with Crippen molar-refractivity contribution in [3.8, 4) is 11.3 Å². The molecule has 12 heteroatoms. The number of fused-ring (bicyclic) bond motifs is 1. The molecule has 6 nitrogen and oxygen atoms in total. The molecular weight excluding hydrogens is 418 g/mol. The van der Waals surface area contributed by atoms with Crippen LogP contribution in [0.4, 0.5) is 32.2 Å². The quantitative estimate of drug-likeness (QED) is 0.547. The lowest BCUT2D eigenvalue weighted by Gasteiger charge is -2.31. The third kappa shape index (κ3) is 3.56. The lowest BCUT2D eigenvalue weighted by molar-refractivity contribution is -0.271. The summed E-state index contributed by atoms with van der Waals surface area (Å²) in [6.07, 6.45) is -9.12. The van der Waals surface area contributed by atoms with Gasteiger partial charge in [0.25, 0.3) is 0 Å². The van der Waals surface area contributed by atoms with Gasteiger partial charge in [-0.25, -0.2) is 9.97 Å². The average molecular weight is 434 g/mol. The first-order valence-electron chi connectivity index (χ1n) is 8.52. The highest BCUT2D eigenvalue weighted by atomic mass is 19.4. The highest BCUT2D eigenvalue weighted by Gasteiger charge is 2.54. The fourth-order valence-corrected chi connectivity index (χ4v) is 3.11. The second-order valence-electron chi connectivity index (χ2n) is 6.71. The van der Waals surface area contributed by atoms with Gasteiger partial charge in [-0.1, -0.05) is 12.1 Å². The fraction of sp³-hybridized carbons (Fsp3) is 0.333. The largest absolute Gasteiger partial charge is 0.434 e. The number of aliphatic hydroxyl groups is 2. The highest BCUT2D eigenvalue weighted by molar-refractivity contribution is 5.72. The van der Waals surface area contributed by atoms with Gasteiger partial charge in [0.2, 0.25) is 0 Å². The third-order valence-corrected chi connectivity index (χ3v) is 4.74. The van der Waals surface area contributed by atoms with Crippen LogP contribution in [0.2, 0.25) is 0 Å². The van der Waals surface area contributed by atoms with Crippen molar-refractivity contribution in [2.45, 2.75) is 31.3 Å². The highest BCUT2D eigenvalue weighted by Crippen LogP contribution is 2.43. The van der Waals surface area contributed by atoms with Crippen molar-refractivity contribution in [1.82, 2.24) is 14.4 Å². The number of benzene rings is 1. The smallest absolute Gasteiger partial charge is 0.396 e. The molecule has 0 spiro atoms. The molecule has 3 rings (SSSR count). The average Bonchev–Trinajstić information content (AvgIpc) is 3.05. The van der Waals surface area contributed by atoms with Crippen molar-refractivity contribution in [3.05, 3.63) is 47.4 Å². The molecule has 1 atom stereocenters. The minimum absolute atomic E-state index is 0.0254. The van der Waals surface area contributed by atoms with Gasteiger partial charge >= 0.3 is 12.4 Å². The number of nitrogen functional groups attached to an aromatic ring is 1. The summed E-state index contributed by atoms with van der Waals surface area (Å²) < 4.78 is 80.9. The van der Waals surface area contributed by atoms with E-state index in [0.29, 0.717) is 11.8 Å². The number of aliphatic hydroxyl groups excluding tert-OH is 1. The molecule has 0 aliphatic heterocycles. The molecule has 0 amide bonds. The molecule has 1 aromatic carbocycles. The Labute approximate surface area is 165 Å². The van der Waals surface area contributed by atoms with Crippen LogP contribution in [0.1, 0.15) is 23.2 Å². The van der Waals surface area contributed by atoms with E-state index >= 15 is 0 Å². The van der Waals surface area contributed by atoms with Crippen molar-refractivity contribution in [1.29, 1.82) is 0 Å². The van der Waals surface area contributed by atoms with Crippen molar-refractivity contribution in [2.75, 3.05) is 12.3 Å². The Morgan fingerprint density at radius 1 is 1.13 bits per heavy atom. The Morgan fingerprint density at radius 2 is 1.80 bits per heavy atom. The first kappa shape index (κ1) is 21.8. The SMILES string of the molecule is Cc1ccc(C(O)(CCO)C(F)(F)F)cc1-c1cnc2c(N)nc(C(F)(F)F)cn12. The molecule has 0 aliphatic rings. The van der Waals surface area contributed by atoms with Crippen molar-refractivity contribution >= 4 is 11.5 Å². The van der Waals surface area contributed by atoms with E-state index in [1.54, 1.807) is 0 Å². The molecule has 162 valence electrons. The number of hydrogen-bond donors (Lipinski definition) is 3. The van der Waals surface area contributed by atoms with Crippen LogP contribution >= 0.6 is 0 Å². The van der Waals surface area contributed by atoms with E-state index in [0.717, 1.165) is 22.7 Å². The normalized spacial score (nSPS) is 14.8. The zero-order valence-corrected chi connectivity index (χ0v) is 15.4. The molecule has 0 fully saturated rings. The zero-order valence-electron chi connectivity index (χ0n) is 15.4. The van der Waals surface area contributed by atoms with Gasteiger partial charge < -0.3 is 15.9 Å². The predicted octanol–water partition coefficient (Wildman–Crippen LogP) is 3.44. The van der Waals surface area contributed by atoms with Gasteiger partial charge in [0, 0.05) is 24.8 Å². The van der Waals surface area contributed by atoms with Gasteiger partial charge in [0.1, 0.15) is 0 Å². The minimum Gasteiger partial charge on any atom is -0.396 e. The summed E-state index contributed by atoms with van der Waals surface area (Å²) >= 11 is 0. The van der Waals surface area contributed by atoms with Crippen LogP contribution in [-0.2, 0) is 11.8 Å². The number of aromatic nitrogens is 3. The van der Waals surface area contributed by atoms with E-state index in [1.165, 1.54) is 13.0 Å². The Bertz CT molecular complexity index is 1090. The molecule has 4 N–H and O–H groups in total. The summed E-state index contributed by atoms with van der Waals surface area (Å²) in [4.78, 5) is 7.19. The molecule has 0 bridgehead atoms. The van der Waals surface area contributed by atoms with Gasteiger partial charge in [0.15, 0.2) is 22.8 Å². The number of rotatable bonds is 4. The zero-order chi connectivity index (χ0) is 22.5. The van der Waals surface area contributed by atoms with Gasteiger partial charge in [-0.15, -0.1) is 0 Å². The molecule has 0 radical (unpaired) electrons. The topological polar surface area (TPSA) is 96.7 Å². The molecule has 1 unspecified atom stereocenters. The number of aryl methyl sites for hydroxylation is 1. The summed E-state index contributed by atoms with van der Waals surface area (Å²) in [5, 5.41) is 19.3. The van der Waals surface area contributed by atoms with Gasteiger partial charge in [-0.3, -0.25) is 4.40 Å². The van der Waals surface area contributed by atoms with E-state index in [4.69, 9.17) is 10.8 Å². The number of anilines is 1. The molecule has 3 aromatic rings. The van der Waals surface area contributed by atoms with Crippen LogP contribution in [0.25, 0.3) is 16.9 Å². The number of nitrogens with two attached hydrogens (primary N) is 1. The van der Waals surface area contributed by atoms with Gasteiger partial charge in [-0.2, -0.15) is 26.3 Å². The first-order valence-corrected chi connectivity index (χ1v) is 8.52. The molecule has 30 heavy (non-hydrogen) atoms. The monoisotopic (exact) mass is 434 g/mol. The molecular formula is C18H16F6N4O2. The van der Waals surface area contributed by atoms with Crippen LogP contribution in [0.5, 0.6) is 0 Å². The lowest BCUT2D eigenvalue weighted by atomic mass is 9.87. The number of hydrogen-bond acceptors (Lipinski definition) is 5. The number of halogens is 6. The van der Waals surface area contributed by atoms with Crippen LogP contribution < -0.4 is 5.73 Å². The summed E-state index contributed by atoms with van der Waals surface area (Å²) in [6.45, 7) is 0.596. The number of alkyl halides is 6. The summed E-state index contributed by atoms with van der Waals surface area (Å²) in [5.74, 6) is -0.503. The first-order chi connectivity index (χ1) is 13.8. The number of imidazole rings is 1. The van der Waals surface area contributed by atoms with Crippen LogP contribution in [0.3, 0.4) is 0 Å². The molecule has 0 saturated carbocycles. The number of nitrogens with zero attached hydrogens (tertiary/aromatic N) is 3. The second kappa shape index (κ2) is 7.13. The van der Waals surface area contributed by atoms with Crippen LogP contribution in [0.15, 0.2) is 30.6 Å². The Morgan fingerprint density at radius 3 is 2.37 bits per heavy atom. The standard InChI is InChI=1S/C18H16F6N4O2/c1-9-2-3-10(16(30,4-5-29)18(22,23)24)6-11(9)12-7-26-15-14(25)27-13(8-28(12)15)17(19,20)21/h2-3,6-8,29-30H,4-5H2,1H3,(H2,25,27). The minimum atomic E-state index is -5.10. The Kier molecular flexibility index (Phi) is 5.19. The van der Waals surface area contributed by atoms with Gasteiger partial charge in [-0.05, 0) is 24.1 Å². The second-order valence-corrected chi connectivity index (χ2v) is 6.71. The molecule has 2 heterocycles. The summed E-state index contributed by atoms with van der Waals surface area (Å²) in [5.41, 5.74) is 0.783. The summed E-state index contributed by atoms with van der Waals surface area (Å²) in [7, 11) is 0. The molecule has 0 saturated heterocycles. The van der Waals surface area contributed by atoms with Crippen molar-refractivity contribution in [3.63, 3.8) is 0 Å². The van der Waals surface area contributed by atoms with E-state index in [-0.39, 0.29) is 16.9 Å². The summed E-state index contributed by atoms with van der Waals surface area (Å²) in [6, 6.07) is 3.33. The van der Waals surface area contributed by atoms with E-state index in [2.05, 4.69) is 9.97 Å². The maximum absolute atomic E-state index is 13.5. The van der Waals surface area contributed by atoms with Gasteiger partial charge in [0.05, 0.1) is 11.9 Å². The Hall–Kier alpha value is -2.86. The lowest BCUT2D eigenvalue weighted by Crippen LogP contribution is -2.43. The van der Waals surface area contributed by atoms with E-state index < -0.39 is 48.1 Å². The maximum Gasteiger partial charge on any atom is 0.434 e. The maximum atomic E-state index is 13.5. The van der Waals surface area contributed by atoms with E-state index in [1.807, 2.05) is 0 Å². The predicted molar refractivity (Wildman–Crippen MR) is 94.2 cm³/mol. The third-order valence-electron chi connectivity index (χ3n) is 4.74. The van der Waals surface area contributed by atoms with Crippen molar-refractivity contribution in [2.24, 2.45) is 0 Å². The van der Waals surface area contributed by atoms with Crippen molar-refractivity contribution < 1.29 is 36.6 Å². The van der Waals surface area contributed by atoms with E-state index in [9.17, 15) is 31.4 Å². The van der Waals surface area contributed by atoms with Crippen LogP contribution in [0, 0.1) is 6.92 Å². The Balaban J connectivity index is 2.26. The molecule has 0 aliphatic carbocycles.